The first-order valence-electron chi connectivity index (χ1n) is 11.6. The van der Waals surface area contributed by atoms with Crippen LogP contribution in [0, 0.1) is 0 Å². The maximum Gasteiger partial charge on any atom is 0.236 e. The monoisotopic (exact) mass is 468 g/mol. The highest BCUT2D eigenvalue weighted by Crippen LogP contribution is 2.35. The van der Waals surface area contributed by atoms with Gasteiger partial charge in [0.05, 0.1) is 5.25 Å². The Labute approximate surface area is 199 Å². The molecular weight excluding hydrogens is 436 g/mol. The van der Waals surface area contributed by atoms with E-state index in [2.05, 4.69) is 44.4 Å². The first kappa shape index (κ1) is 23.1. The van der Waals surface area contributed by atoms with Gasteiger partial charge in [-0.15, -0.1) is 21.5 Å². The smallest absolute Gasteiger partial charge is 0.236 e. The van der Waals surface area contributed by atoms with E-state index in [0.717, 1.165) is 23.0 Å². The largest absolute Gasteiger partial charge is 0.338 e. The average molecular weight is 469 g/mol. The zero-order valence-electron chi connectivity index (χ0n) is 18.9. The molecule has 0 radical (unpaired) electrons. The van der Waals surface area contributed by atoms with Gasteiger partial charge in [-0.05, 0) is 43.7 Å². The molecule has 1 fully saturated rings. The van der Waals surface area contributed by atoms with E-state index in [9.17, 15) is 4.79 Å². The molecule has 1 atom stereocenters. The SMILES string of the molecule is CCN(Cc1ccccc1)C(=O)C(C)Sc1nnc(Cc2cccs2)n1C1CCCCC1. The van der Waals surface area contributed by atoms with Gasteiger partial charge in [0.1, 0.15) is 5.82 Å². The van der Waals surface area contributed by atoms with Gasteiger partial charge in [0.2, 0.25) is 5.91 Å². The fourth-order valence-electron chi connectivity index (χ4n) is 4.40. The van der Waals surface area contributed by atoms with Crippen molar-refractivity contribution < 1.29 is 4.79 Å². The van der Waals surface area contributed by atoms with Crippen molar-refractivity contribution in [3.05, 3.63) is 64.1 Å². The summed E-state index contributed by atoms with van der Waals surface area (Å²) in [7, 11) is 0. The summed E-state index contributed by atoms with van der Waals surface area (Å²) in [4.78, 5) is 16.5. The van der Waals surface area contributed by atoms with E-state index in [0.29, 0.717) is 19.1 Å². The van der Waals surface area contributed by atoms with Crippen molar-refractivity contribution in [2.45, 2.75) is 75.4 Å². The van der Waals surface area contributed by atoms with Crippen LogP contribution in [0.15, 0.2) is 53.0 Å². The second kappa shape index (κ2) is 11.1. The van der Waals surface area contributed by atoms with Gasteiger partial charge in [0.15, 0.2) is 5.16 Å². The minimum atomic E-state index is -0.209. The molecule has 1 aliphatic carbocycles. The molecule has 7 heteroatoms. The molecule has 0 bridgehead atoms. The molecule has 1 amide bonds. The average Bonchev–Trinajstić information content (AvgIpc) is 3.48. The number of carbonyl (C=O) groups is 1. The van der Waals surface area contributed by atoms with Crippen molar-refractivity contribution in [2.75, 3.05) is 6.54 Å². The first-order chi connectivity index (χ1) is 15.7. The third-order valence-corrected chi connectivity index (χ3v) is 8.05. The van der Waals surface area contributed by atoms with Gasteiger partial charge < -0.3 is 9.47 Å². The normalized spacial score (nSPS) is 15.6. The fourth-order valence-corrected chi connectivity index (χ4v) is 6.12. The lowest BCUT2D eigenvalue weighted by Crippen LogP contribution is -2.36. The number of amides is 1. The lowest BCUT2D eigenvalue weighted by molar-refractivity contribution is -0.130. The molecule has 5 nitrogen and oxygen atoms in total. The van der Waals surface area contributed by atoms with Gasteiger partial charge in [0, 0.05) is 30.4 Å². The summed E-state index contributed by atoms with van der Waals surface area (Å²) in [6.45, 7) is 5.37. The fraction of sp³-hybridized carbons (Fsp3) is 0.480. The summed E-state index contributed by atoms with van der Waals surface area (Å²) in [6.07, 6.45) is 6.95. The lowest BCUT2D eigenvalue weighted by atomic mass is 9.95. The highest BCUT2D eigenvalue weighted by molar-refractivity contribution is 8.00. The van der Waals surface area contributed by atoms with Crippen molar-refractivity contribution in [1.29, 1.82) is 0 Å². The number of rotatable bonds is 9. The van der Waals surface area contributed by atoms with Crippen LogP contribution in [0.2, 0.25) is 0 Å². The van der Waals surface area contributed by atoms with Crippen LogP contribution in [0.5, 0.6) is 0 Å². The van der Waals surface area contributed by atoms with Crippen LogP contribution in [0.4, 0.5) is 0 Å². The first-order valence-corrected chi connectivity index (χ1v) is 13.4. The Morgan fingerprint density at radius 2 is 1.94 bits per heavy atom. The molecule has 3 aromatic rings. The second-order valence-corrected chi connectivity index (χ2v) is 10.8. The van der Waals surface area contributed by atoms with Crippen molar-refractivity contribution in [3.8, 4) is 0 Å². The molecule has 0 saturated heterocycles. The predicted molar refractivity (Wildman–Crippen MR) is 132 cm³/mol. The molecule has 0 N–H and O–H groups in total. The number of hydrogen-bond donors (Lipinski definition) is 0. The molecule has 1 unspecified atom stereocenters. The van der Waals surface area contributed by atoms with Crippen molar-refractivity contribution >= 4 is 29.0 Å². The van der Waals surface area contributed by atoms with E-state index in [1.54, 1.807) is 23.1 Å². The van der Waals surface area contributed by atoms with Crippen molar-refractivity contribution in [3.63, 3.8) is 0 Å². The molecule has 1 aromatic carbocycles. The topological polar surface area (TPSA) is 51.0 Å². The summed E-state index contributed by atoms with van der Waals surface area (Å²) >= 11 is 3.32. The zero-order chi connectivity index (χ0) is 22.3. The Balaban J connectivity index is 1.51. The quantitative estimate of drug-likeness (QED) is 0.363. The number of benzene rings is 1. The van der Waals surface area contributed by atoms with Gasteiger partial charge in [-0.3, -0.25) is 4.79 Å². The molecule has 1 aliphatic rings. The number of thiophene rings is 1. The third-order valence-electron chi connectivity index (χ3n) is 6.13. The van der Waals surface area contributed by atoms with Crippen LogP contribution in [-0.2, 0) is 17.8 Å². The zero-order valence-corrected chi connectivity index (χ0v) is 20.6. The molecule has 1 saturated carbocycles. The van der Waals surface area contributed by atoms with Gasteiger partial charge in [-0.25, -0.2) is 0 Å². The Bertz CT molecular complexity index is 981. The summed E-state index contributed by atoms with van der Waals surface area (Å²) in [6, 6.07) is 14.9. The maximum absolute atomic E-state index is 13.3. The summed E-state index contributed by atoms with van der Waals surface area (Å²) in [5.74, 6) is 1.18. The molecule has 32 heavy (non-hydrogen) atoms. The summed E-state index contributed by atoms with van der Waals surface area (Å²) < 4.78 is 2.35. The summed E-state index contributed by atoms with van der Waals surface area (Å²) in [5, 5.41) is 11.9. The highest BCUT2D eigenvalue weighted by atomic mass is 32.2. The van der Waals surface area contributed by atoms with E-state index >= 15 is 0 Å². The Morgan fingerprint density at radius 1 is 1.16 bits per heavy atom. The van der Waals surface area contributed by atoms with Crippen LogP contribution >= 0.6 is 23.1 Å². The Hall–Kier alpha value is -2.12. The third kappa shape index (κ3) is 5.62. The maximum atomic E-state index is 13.3. The standard InChI is InChI=1S/C25H32N4OS2/c1-3-28(18-20-11-6-4-7-12-20)24(30)19(2)32-25-27-26-23(17-22-15-10-16-31-22)29(25)21-13-8-5-9-14-21/h4,6-7,10-12,15-16,19,21H,3,5,8-9,13-14,17-18H2,1-2H3. The Morgan fingerprint density at radius 3 is 2.62 bits per heavy atom. The number of hydrogen-bond acceptors (Lipinski definition) is 5. The minimum Gasteiger partial charge on any atom is -0.338 e. The van der Waals surface area contributed by atoms with E-state index < -0.39 is 0 Å². The lowest BCUT2D eigenvalue weighted by Gasteiger charge is -2.27. The summed E-state index contributed by atoms with van der Waals surface area (Å²) in [5.41, 5.74) is 1.16. The molecule has 0 aliphatic heterocycles. The van der Waals surface area contributed by atoms with Gasteiger partial charge >= 0.3 is 0 Å². The number of carbonyl (C=O) groups excluding carboxylic acids is 1. The molecular formula is C25H32N4OS2. The predicted octanol–water partition coefficient (Wildman–Crippen LogP) is 5.96. The van der Waals surface area contributed by atoms with E-state index in [1.807, 2.05) is 36.9 Å². The van der Waals surface area contributed by atoms with E-state index in [4.69, 9.17) is 0 Å². The minimum absolute atomic E-state index is 0.152. The van der Waals surface area contributed by atoms with Gasteiger partial charge in [-0.1, -0.05) is 67.4 Å². The van der Waals surface area contributed by atoms with Crippen molar-refractivity contribution in [2.24, 2.45) is 0 Å². The number of aromatic nitrogens is 3. The van der Waals surface area contributed by atoms with E-state index in [-0.39, 0.29) is 11.2 Å². The van der Waals surface area contributed by atoms with Crippen LogP contribution in [0.1, 0.15) is 68.3 Å². The van der Waals surface area contributed by atoms with Crippen LogP contribution in [0.25, 0.3) is 0 Å². The molecule has 170 valence electrons. The molecule has 0 spiro atoms. The second-order valence-electron chi connectivity index (χ2n) is 8.41. The Kier molecular flexibility index (Phi) is 8.03. The van der Waals surface area contributed by atoms with Gasteiger partial charge in [0.25, 0.3) is 0 Å². The van der Waals surface area contributed by atoms with Crippen LogP contribution < -0.4 is 0 Å². The van der Waals surface area contributed by atoms with Crippen LogP contribution in [-0.4, -0.2) is 37.4 Å². The highest BCUT2D eigenvalue weighted by Gasteiger charge is 2.27. The van der Waals surface area contributed by atoms with Crippen molar-refractivity contribution in [1.82, 2.24) is 19.7 Å². The van der Waals surface area contributed by atoms with Gasteiger partial charge in [-0.2, -0.15) is 0 Å². The van der Waals surface area contributed by atoms with Crippen LogP contribution in [0.3, 0.4) is 0 Å². The van der Waals surface area contributed by atoms with E-state index in [1.165, 1.54) is 37.0 Å². The molecule has 4 rings (SSSR count). The number of nitrogens with zero attached hydrogens (tertiary/aromatic N) is 4. The molecule has 2 aromatic heterocycles. The molecule has 2 heterocycles. The number of thioether (sulfide) groups is 1.